The minimum atomic E-state index is 1.10. The lowest BCUT2D eigenvalue weighted by atomic mass is 9.87. The van der Waals surface area contributed by atoms with E-state index in [1.807, 2.05) is 12.3 Å². The van der Waals surface area contributed by atoms with Crippen LogP contribution in [0.25, 0.3) is 22.4 Å². The molecular formula is C21H19N. The molecule has 0 bridgehead atoms. The molecule has 3 aromatic rings. The van der Waals surface area contributed by atoms with Gasteiger partial charge >= 0.3 is 0 Å². The number of rotatable bonds is 2. The van der Waals surface area contributed by atoms with Gasteiger partial charge in [0.05, 0.1) is 5.69 Å². The number of nitrogens with zero attached hydrogens (tertiary/aromatic N) is 1. The molecule has 0 unspecified atom stereocenters. The molecule has 0 saturated heterocycles. The summed E-state index contributed by atoms with van der Waals surface area (Å²) in [5.41, 5.74) is 7.83. The van der Waals surface area contributed by atoms with Gasteiger partial charge in [-0.15, -0.1) is 0 Å². The zero-order valence-electron chi connectivity index (χ0n) is 12.6. The van der Waals surface area contributed by atoms with Gasteiger partial charge in [0.15, 0.2) is 0 Å². The Labute approximate surface area is 131 Å². The van der Waals surface area contributed by atoms with Gasteiger partial charge < -0.3 is 0 Å². The minimum Gasteiger partial charge on any atom is -0.256 e. The molecule has 0 amide bonds. The van der Waals surface area contributed by atoms with Crippen LogP contribution >= 0.6 is 0 Å². The van der Waals surface area contributed by atoms with Gasteiger partial charge in [-0.1, -0.05) is 54.6 Å². The van der Waals surface area contributed by atoms with Crippen molar-refractivity contribution < 1.29 is 0 Å². The molecule has 1 aromatic heterocycles. The monoisotopic (exact) mass is 285 g/mol. The van der Waals surface area contributed by atoms with Crippen molar-refractivity contribution in [3.63, 3.8) is 0 Å². The Morgan fingerprint density at radius 3 is 2.36 bits per heavy atom. The lowest BCUT2D eigenvalue weighted by molar-refractivity contribution is 0.686. The van der Waals surface area contributed by atoms with E-state index in [1.165, 1.54) is 53.5 Å². The van der Waals surface area contributed by atoms with Crippen molar-refractivity contribution in [1.29, 1.82) is 0 Å². The van der Waals surface area contributed by atoms with E-state index in [0.717, 1.165) is 5.69 Å². The van der Waals surface area contributed by atoms with Crippen molar-refractivity contribution in [2.45, 2.75) is 25.7 Å². The summed E-state index contributed by atoms with van der Waals surface area (Å²) < 4.78 is 0. The smallest absolute Gasteiger partial charge is 0.0705 e. The number of hydrogen-bond acceptors (Lipinski definition) is 1. The summed E-state index contributed by atoms with van der Waals surface area (Å²) in [5, 5.41) is 0. The van der Waals surface area contributed by atoms with Crippen molar-refractivity contribution in [3.8, 4) is 22.4 Å². The maximum Gasteiger partial charge on any atom is 0.0705 e. The summed E-state index contributed by atoms with van der Waals surface area (Å²) in [7, 11) is 0. The molecule has 0 fully saturated rings. The van der Waals surface area contributed by atoms with Crippen LogP contribution in [-0.4, -0.2) is 4.98 Å². The molecule has 1 nitrogen and oxygen atoms in total. The molecule has 1 aliphatic rings. The van der Waals surface area contributed by atoms with Crippen LogP contribution in [0.2, 0.25) is 0 Å². The minimum absolute atomic E-state index is 1.10. The topological polar surface area (TPSA) is 12.9 Å². The first kappa shape index (κ1) is 13.3. The van der Waals surface area contributed by atoms with Crippen LogP contribution in [0.3, 0.4) is 0 Å². The van der Waals surface area contributed by atoms with Crippen molar-refractivity contribution in [2.75, 3.05) is 0 Å². The van der Waals surface area contributed by atoms with Crippen molar-refractivity contribution in [2.24, 2.45) is 0 Å². The van der Waals surface area contributed by atoms with Crippen molar-refractivity contribution in [1.82, 2.24) is 4.98 Å². The molecule has 0 aliphatic heterocycles. The fraction of sp³-hybridized carbons (Fsp3) is 0.190. The van der Waals surface area contributed by atoms with E-state index in [9.17, 15) is 0 Å². The largest absolute Gasteiger partial charge is 0.256 e. The van der Waals surface area contributed by atoms with E-state index in [4.69, 9.17) is 4.98 Å². The van der Waals surface area contributed by atoms with Crippen molar-refractivity contribution >= 4 is 0 Å². The fourth-order valence-corrected chi connectivity index (χ4v) is 3.38. The molecule has 4 rings (SSSR count). The average Bonchev–Trinajstić information content (AvgIpc) is 2.62. The zero-order valence-corrected chi connectivity index (χ0v) is 12.6. The quantitative estimate of drug-likeness (QED) is 0.623. The normalized spacial score (nSPS) is 13.6. The second kappa shape index (κ2) is 5.76. The predicted molar refractivity (Wildman–Crippen MR) is 91.8 cm³/mol. The SMILES string of the molecule is c1ccc(-c2ccc(-c3cccc4c3CCCC4)nc2)cc1. The molecule has 0 N–H and O–H groups in total. The maximum absolute atomic E-state index is 4.73. The lowest BCUT2D eigenvalue weighted by Gasteiger charge is -2.19. The Kier molecular flexibility index (Phi) is 3.48. The van der Waals surface area contributed by atoms with E-state index in [0.29, 0.717) is 0 Å². The van der Waals surface area contributed by atoms with E-state index in [-0.39, 0.29) is 0 Å². The van der Waals surface area contributed by atoms with E-state index >= 15 is 0 Å². The molecule has 0 radical (unpaired) electrons. The number of fused-ring (bicyclic) bond motifs is 1. The predicted octanol–water partition coefficient (Wildman–Crippen LogP) is 5.29. The highest BCUT2D eigenvalue weighted by atomic mass is 14.7. The molecule has 1 heterocycles. The fourth-order valence-electron chi connectivity index (χ4n) is 3.38. The van der Waals surface area contributed by atoms with Gasteiger partial charge in [-0.05, 0) is 48.4 Å². The first-order valence-electron chi connectivity index (χ1n) is 8.04. The third kappa shape index (κ3) is 2.43. The van der Waals surface area contributed by atoms with Gasteiger partial charge in [0, 0.05) is 17.3 Å². The first-order valence-corrected chi connectivity index (χ1v) is 8.04. The highest BCUT2D eigenvalue weighted by molar-refractivity contribution is 5.69. The molecular weight excluding hydrogens is 266 g/mol. The van der Waals surface area contributed by atoms with Crippen LogP contribution in [0.5, 0.6) is 0 Å². The highest BCUT2D eigenvalue weighted by Gasteiger charge is 2.14. The third-order valence-corrected chi connectivity index (χ3v) is 4.54. The van der Waals surface area contributed by atoms with Crippen LogP contribution in [0.4, 0.5) is 0 Å². The van der Waals surface area contributed by atoms with Crippen LogP contribution in [0, 0.1) is 0 Å². The number of aromatic nitrogens is 1. The van der Waals surface area contributed by atoms with Crippen LogP contribution in [-0.2, 0) is 12.8 Å². The molecule has 1 heteroatoms. The third-order valence-electron chi connectivity index (χ3n) is 4.54. The Balaban J connectivity index is 1.72. The van der Waals surface area contributed by atoms with E-state index in [1.54, 1.807) is 0 Å². The maximum atomic E-state index is 4.73. The second-order valence-corrected chi connectivity index (χ2v) is 5.95. The molecule has 22 heavy (non-hydrogen) atoms. The van der Waals surface area contributed by atoms with Gasteiger partial charge in [0.1, 0.15) is 0 Å². The molecule has 1 aliphatic carbocycles. The Bertz CT molecular complexity index is 773. The van der Waals surface area contributed by atoms with Gasteiger partial charge in [0.2, 0.25) is 0 Å². The molecule has 0 spiro atoms. The number of aryl methyl sites for hydroxylation is 1. The van der Waals surface area contributed by atoms with Gasteiger partial charge in [-0.2, -0.15) is 0 Å². The Morgan fingerprint density at radius 2 is 1.55 bits per heavy atom. The van der Waals surface area contributed by atoms with Crippen LogP contribution in [0.1, 0.15) is 24.0 Å². The summed E-state index contributed by atoms with van der Waals surface area (Å²) in [6.45, 7) is 0. The van der Waals surface area contributed by atoms with Gasteiger partial charge in [-0.25, -0.2) is 0 Å². The summed E-state index contributed by atoms with van der Waals surface area (Å²) in [4.78, 5) is 4.73. The van der Waals surface area contributed by atoms with Gasteiger partial charge in [-0.3, -0.25) is 4.98 Å². The van der Waals surface area contributed by atoms with Gasteiger partial charge in [0.25, 0.3) is 0 Å². The molecule has 0 atom stereocenters. The summed E-state index contributed by atoms with van der Waals surface area (Å²) in [6, 6.07) is 21.4. The average molecular weight is 285 g/mol. The highest BCUT2D eigenvalue weighted by Crippen LogP contribution is 2.31. The standard InChI is InChI=1S/C21H19N/c1-2-7-16(8-3-1)18-13-14-21(22-15-18)20-12-6-10-17-9-4-5-11-19(17)20/h1-3,6-8,10,12-15H,4-5,9,11H2. The molecule has 0 saturated carbocycles. The summed E-state index contributed by atoms with van der Waals surface area (Å²) in [6.07, 6.45) is 7.01. The summed E-state index contributed by atoms with van der Waals surface area (Å²) >= 11 is 0. The zero-order chi connectivity index (χ0) is 14.8. The van der Waals surface area contributed by atoms with E-state index in [2.05, 4.69) is 54.6 Å². The Morgan fingerprint density at radius 1 is 0.682 bits per heavy atom. The van der Waals surface area contributed by atoms with Crippen molar-refractivity contribution in [3.05, 3.63) is 78.0 Å². The van der Waals surface area contributed by atoms with Crippen LogP contribution in [0.15, 0.2) is 66.9 Å². The number of hydrogen-bond donors (Lipinski definition) is 0. The summed E-state index contributed by atoms with van der Waals surface area (Å²) in [5.74, 6) is 0. The number of benzene rings is 2. The molecule has 2 aromatic carbocycles. The van der Waals surface area contributed by atoms with E-state index < -0.39 is 0 Å². The molecule has 108 valence electrons. The van der Waals surface area contributed by atoms with Crippen LogP contribution < -0.4 is 0 Å². The second-order valence-electron chi connectivity index (χ2n) is 5.95. The first-order chi connectivity index (χ1) is 10.9. The lowest BCUT2D eigenvalue weighted by Crippen LogP contribution is -2.04. The Hall–Kier alpha value is -2.41. The number of pyridine rings is 1.